The van der Waals surface area contributed by atoms with Gasteiger partial charge in [-0.1, -0.05) is 12.1 Å². The van der Waals surface area contributed by atoms with Crippen LogP contribution >= 0.6 is 0 Å². The van der Waals surface area contributed by atoms with Crippen LogP contribution < -0.4 is 11.3 Å². The summed E-state index contributed by atoms with van der Waals surface area (Å²) >= 11 is 0. The fourth-order valence-corrected chi connectivity index (χ4v) is 2.32. The number of rotatable bonds is 2. The number of nitrogens with zero attached hydrogens (tertiary/aromatic N) is 1. The Kier molecular flexibility index (Phi) is 3.62. The fourth-order valence-electron chi connectivity index (χ4n) is 2.32. The quantitative estimate of drug-likeness (QED) is 0.762. The van der Waals surface area contributed by atoms with Crippen molar-refractivity contribution < 1.29 is 14.3 Å². The molecule has 1 heterocycles. The summed E-state index contributed by atoms with van der Waals surface area (Å²) in [5.41, 5.74) is 8.92. The van der Waals surface area contributed by atoms with Crippen LogP contribution in [0, 0.1) is 13.8 Å². The zero-order valence-corrected chi connectivity index (χ0v) is 12.8. The molecule has 0 saturated carbocycles. The Morgan fingerprint density at radius 2 is 1.91 bits per heavy atom. The summed E-state index contributed by atoms with van der Waals surface area (Å²) in [4.78, 5) is 16.2. The molecule has 5 heteroatoms. The maximum atomic E-state index is 11.7. The van der Waals surface area contributed by atoms with Crippen molar-refractivity contribution in [2.75, 3.05) is 0 Å². The Morgan fingerprint density at radius 3 is 2.65 bits per heavy atom. The Labute approximate surface area is 132 Å². The second-order valence-corrected chi connectivity index (χ2v) is 5.45. The molecule has 0 bridgehead atoms. The van der Waals surface area contributed by atoms with Gasteiger partial charge in [-0.3, -0.25) is 4.79 Å². The summed E-state index contributed by atoms with van der Waals surface area (Å²) < 4.78 is 5.71. The molecule has 3 rings (SSSR count). The van der Waals surface area contributed by atoms with Gasteiger partial charge in [0.05, 0.1) is 5.69 Å². The van der Waals surface area contributed by atoms with E-state index in [1.54, 1.807) is 12.1 Å². The van der Waals surface area contributed by atoms with Crippen LogP contribution in [-0.2, 0) is 0 Å². The molecule has 5 nitrogen and oxygen atoms in total. The summed E-state index contributed by atoms with van der Waals surface area (Å²) in [6.07, 6.45) is 0. The molecule has 116 valence electrons. The molecule has 0 unspecified atom stereocenters. The average Bonchev–Trinajstić information content (AvgIpc) is 2.50. The van der Waals surface area contributed by atoms with Crippen LogP contribution in [0.3, 0.4) is 0 Å². The molecule has 0 aliphatic rings. The highest BCUT2D eigenvalue weighted by Crippen LogP contribution is 2.22. The number of aromatic hydroxyl groups is 1. The van der Waals surface area contributed by atoms with Crippen molar-refractivity contribution in [1.82, 2.24) is 0 Å². The largest absolute Gasteiger partial charge is 0.508 e. The molecule has 3 N–H and O–H groups in total. The first-order valence-electron chi connectivity index (χ1n) is 7.13. The number of nitrogens with two attached hydrogens (primary N) is 1. The zero-order chi connectivity index (χ0) is 16.6. The highest BCUT2D eigenvalue weighted by atomic mass is 16.3. The van der Waals surface area contributed by atoms with E-state index in [0.29, 0.717) is 16.7 Å². The number of phenolic OH excluding ortho intramolecular Hbond substituents is 1. The zero-order valence-electron chi connectivity index (χ0n) is 12.8. The van der Waals surface area contributed by atoms with Crippen LogP contribution in [0.5, 0.6) is 5.75 Å². The van der Waals surface area contributed by atoms with Crippen LogP contribution in [0.1, 0.15) is 21.5 Å². The number of primary amides is 1. The van der Waals surface area contributed by atoms with Gasteiger partial charge in [0.25, 0.3) is 5.91 Å². The highest BCUT2D eigenvalue weighted by molar-refractivity contribution is 5.95. The Bertz CT molecular complexity index is 987. The van der Waals surface area contributed by atoms with Crippen LogP contribution in [0.25, 0.3) is 11.0 Å². The van der Waals surface area contributed by atoms with Crippen LogP contribution in [0.15, 0.2) is 51.9 Å². The van der Waals surface area contributed by atoms with Gasteiger partial charge in [0.1, 0.15) is 16.9 Å². The third kappa shape index (κ3) is 2.94. The average molecular weight is 308 g/mol. The molecule has 1 aromatic heterocycles. The van der Waals surface area contributed by atoms with E-state index in [1.165, 1.54) is 12.1 Å². The minimum Gasteiger partial charge on any atom is -0.508 e. The van der Waals surface area contributed by atoms with E-state index in [1.807, 2.05) is 32.0 Å². The van der Waals surface area contributed by atoms with Crippen molar-refractivity contribution in [2.24, 2.45) is 10.7 Å². The van der Waals surface area contributed by atoms with Gasteiger partial charge in [0, 0.05) is 11.5 Å². The summed E-state index contributed by atoms with van der Waals surface area (Å²) in [6, 6.07) is 12.1. The number of amides is 1. The van der Waals surface area contributed by atoms with Gasteiger partial charge in [-0.2, -0.15) is 0 Å². The minimum absolute atomic E-state index is 0.0748. The van der Waals surface area contributed by atoms with Crippen LogP contribution in [-0.4, -0.2) is 11.0 Å². The number of fused-ring (bicyclic) bond motifs is 1. The molecule has 0 spiro atoms. The van der Waals surface area contributed by atoms with Crippen molar-refractivity contribution in [3.63, 3.8) is 0 Å². The number of phenols is 1. The number of hydrogen-bond acceptors (Lipinski definition) is 4. The first-order chi connectivity index (χ1) is 10.9. The normalized spacial score (nSPS) is 11.8. The standard InChI is InChI=1S/C18H16N2O3/c1-10-3-4-11(2)15(7-10)20-18-14(17(19)22)8-12-5-6-13(21)9-16(12)23-18/h3-9,21H,1-2H3,(H2,19,22). The number of carbonyl (C=O) groups is 1. The molecule has 3 aromatic rings. The lowest BCUT2D eigenvalue weighted by Crippen LogP contribution is -2.21. The molecule has 2 aromatic carbocycles. The van der Waals surface area contributed by atoms with Crippen molar-refractivity contribution >= 4 is 22.6 Å². The van der Waals surface area contributed by atoms with E-state index in [2.05, 4.69) is 4.99 Å². The van der Waals surface area contributed by atoms with Gasteiger partial charge < -0.3 is 15.3 Å². The second kappa shape index (κ2) is 5.61. The summed E-state index contributed by atoms with van der Waals surface area (Å²) in [5.74, 6) is -0.543. The van der Waals surface area contributed by atoms with Crippen molar-refractivity contribution in [3.8, 4) is 5.75 Å². The van der Waals surface area contributed by atoms with Gasteiger partial charge in [0.15, 0.2) is 0 Å². The Balaban J connectivity index is 2.33. The van der Waals surface area contributed by atoms with Gasteiger partial charge >= 0.3 is 0 Å². The molecule has 0 aliphatic carbocycles. The molecule has 0 atom stereocenters. The summed E-state index contributed by atoms with van der Waals surface area (Å²) in [7, 11) is 0. The number of hydrogen-bond donors (Lipinski definition) is 2. The molecule has 0 fully saturated rings. The second-order valence-electron chi connectivity index (χ2n) is 5.45. The van der Waals surface area contributed by atoms with Gasteiger partial charge in [-0.15, -0.1) is 0 Å². The maximum absolute atomic E-state index is 11.7. The summed E-state index contributed by atoms with van der Waals surface area (Å²) in [5, 5.41) is 10.3. The van der Waals surface area contributed by atoms with Gasteiger partial charge in [-0.05, 0) is 49.2 Å². The lowest BCUT2D eigenvalue weighted by molar-refractivity contribution is 0.0996. The smallest absolute Gasteiger partial charge is 0.254 e. The first-order valence-corrected chi connectivity index (χ1v) is 7.13. The van der Waals surface area contributed by atoms with E-state index in [-0.39, 0.29) is 16.9 Å². The monoisotopic (exact) mass is 308 g/mol. The highest BCUT2D eigenvalue weighted by Gasteiger charge is 2.10. The minimum atomic E-state index is -0.618. The fraction of sp³-hybridized carbons (Fsp3) is 0.111. The number of aryl methyl sites for hydroxylation is 2. The third-order valence-electron chi connectivity index (χ3n) is 3.59. The van der Waals surface area contributed by atoms with E-state index in [0.717, 1.165) is 11.1 Å². The maximum Gasteiger partial charge on any atom is 0.254 e. The van der Waals surface area contributed by atoms with Gasteiger partial charge in [-0.25, -0.2) is 4.99 Å². The molecular formula is C18H16N2O3. The SMILES string of the molecule is Cc1ccc(C)c(N=c2oc3cc(O)ccc3cc2C(N)=O)c1. The van der Waals surface area contributed by atoms with E-state index < -0.39 is 5.91 Å². The predicted octanol–water partition coefficient (Wildman–Crippen LogP) is 3.09. The van der Waals surface area contributed by atoms with Crippen LogP contribution in [0.4, 0.5) is 5.69 Å². The summed E-state index contributed by atoms with van der Waals surface area (Å²) in [6.45, 7) is 3.89. The molecular weight excluding hydrogens is 292 g/mol. The Morgan fingerprint density at radius 1 is 1.13 bits per heavy atom. The molecule has 0 radical (unpaired) electrons. The number of benzene rings is 2. The van der Waals surface area contributed by atoms with Crippen molar-refractivity contribution in [2.45, 2.75) is 13.8 Å². The lowest BCUT2D eigenvalue weighted by Gasteiger charge is -2.04. The van der Waals surface area contributed by atoms with Crippen molar-refractivity contribution in [1.29, 1.82) is 0 Å². The first kappa shape index (κ1) is 14.8. The Hall–Kier alpha value is -3.08. The van der Waals surface area contributed by atoms with Crippen LogP contribution in [0.2, 0.25) is 0 Å². The molecule has 0 saturated heterocycles. The van der Waals surface area contributed by atoms with Crippen molar-refractivity contribution in [3.05, 3.63) is 64.7 Å². The van der Waals surface area contributed by atoms with E-state index >= 15 is 0 Å². The lowest BCUT2D eigenvalue weighted by atomic mass is 10.1. The molecule has 23 heavy (non-hydrogen) atoms. The number of carbonyl (C=O) groups excluding carboxylic acids is 1. The van der Waals surface area contributed by atoms with E-state index in [9.17, 15) is 9.90 Å². The predicted molar refractivity (Wildman–Crippen MR) is 87.5 cm³/mol. The molecule has 0 aliphatic heterocycles. The van der Waals surface area contributed by atoms with Gasteiger partial charge in [0.2, 0.25) is 5.55 Å². The topological polar surface area (TPSA) is 88.8 Å². The van der Waals surface area contributed by atoms with E-state index in [4.69, 9.17) is 10.2 Å². The molecule has 1 amide bonds. The third-order valence-corrected chi connectivity index (χ3v) is 3.59.